The Labute approximate surface area is 201 Å². The number of aryl methyl sites for hydroxylation is 2. The number of benzene rings is 3. The Hall–Kier alpha value is -3.40. The zero-order chi connectivity index (χ0) is 23.9. The maximum atomic E-state index is 13.2. The summed E-state index contributed by atoms with van der Waals surface area (Å²) in [7, 11) is 0. The quantitative estimate of drug-likeness (QED) is 0.261. The second-order valence-corrected chi connectivity index (χ2v) is 9.02. The van der Waals surface area contributed by atoms with Gasteiger partial charge in [-0.05, 0) is 73.9 Å². The predicted octanol–water partition coefficient (Wildman–Crippen LogP) is 7.43. The van der Waals surface area contributed by atoms with Gasteiger partial charge < -0.3 is 9.47 Å². The van der Waals surface area contributed by atoms with Gasteiger partial charge in [0.15, 0.2) is 11.5 Å². The van der Waals surface area contributed by atoms with Crippen molar-refractivity contribution in [3.63, 3.8) is 0 Å². The van der Waals surface area contributed by atoms with Gasteiger partial charge >= 0.3 is 11.9 Å². The normalized spacial score (nSPS) is 13.6. The number of hydrogen-bond acceptors (Lipinski definition) is 4. The Kier molecular flexibility index (Phi) is 7.79. The van der Waals surface area contributed by atoms with Gasteiger partial charge in [0.05, 0.1) is 11.1 Å². The molecule has 34 heavy (non-hydrogen) atoms. The van der Waals surface area contributed by atoms with E-state index in [9.17, 15) is 9.59 Å². The molecule has 4 rings (SSSR count). The lowest BCUT2D eigenvalue weighted by Gasteiger charge is -2.24. The van der Waals surface area contributed by atoms with Crippen LogP contribution >= 0.6 is 0 Å². The molecule has 0 saturated heterocycles. The van der Waals surface area contributed by atoms with Crippen LogP contribution < -0.4 is 9.47 Å². The highest BCUT2D eigenvalue weighted by Crippen LogP contribution is 2.47. The van der Waals surface area contributed by atoms with Crippen LogP contribution in [0.5, 0.6) is 11.5 Å². The summed E-state index contributed by atoms with van der Waals surface area (Å²) in [5.74, 6) is 0.153. The molecule has 0 aromatic heterocycles. The fraction of sp³-hybridized carbons (Fsp3) is 0.333. The zero-order valence-electron chi connectivity index (χ0n) is 20.0. The lowest BCUT2D eigenvalue weighted by atomic mass is 9.88. The third kappa shape index (κ3) is 5.39. The summed E-state index contributed by atoms with van der Waals surface area (Å²) < 4.78 is 12.0. The van der Waals surface area contributed by atoms with Crippen LogP contribution in [-0.2, 0) is 6.42 Å². The fourth-order valence-corrected chi connectivity index (χ4v) is 4.77. The number of esters is 2. The van der Waals surface area contributed by atoms with Crippen molar-refractivity contribution in [1.29, 1.82) is 0 Å². The molecular weight excluding hydrogens is 424 g/mol. The topological polar surface area (TPSA) is 52.6 Å². The molecule has 4 nitrogen and oxygen atoms in total. The first-order valence-electron chi connectivity index (χ1n) is 12.3. The average molecular weight is 457 g/mol. The molecule has 176 valence electrons. The van der Waals surface area contributed by atoms with Crippen LogP contribution in [0.3, 0.4) is 0 Å². The van der Waals surface area contributed by atoms with E-state index in [0.29, 0.717) is 28.5 Å². The number of hydrogen-bond donors (Lipinski definition) is 0. The van der Waals surface area contributed by atoms with Crippen LogP contribution in [0.15, 0.2) is 66.7 Å². The van der Waals surface area contributed by atoms with E-state index in [1.165, 1.54) is 5.56 Å². The monoisotopic (exact) mass is 456 g/mol. The van der Waals surface area contributed by atoms with Crippen molar-refractivity contribution in [2.75, 3.05) is 0 Å². The minimum absolute atomic E-state index is 0.292. The number of carbonyl (C=O) groups is 2. The number of ether oxygens (including phenoxy) is 2. The van der Waals surface area contributed by atoms with E-state index in [1.807, 2.05) is 31.2 Å². The summed E-state index contributed by atoms with van der Waals surface area (Å²) in [5.41, 5.74) is 3.96. The minimum atomic E-state index is -0.459. The Balaban J connectivity index is 1.82. The van der Waals surface area contributed by atoms with Crippen molar-refractivity contribution in [3.8, 4) is 11.5 Å². The molecular formula is C30H32O4. The third-order valence-electron chi connectivity index (χ3n) is 6.52. The van der Waals surface area contributed by atoms with E-state index in [0.717, 1.165) is 56.1 Å². The highest BCUT2D eigenvalue weighted by atomic mass is 16.6. The van der Waals surface area contributed by atoms with E-state index in [-0.39, 0.29) is 0 Å². The molecule has 3 aromatic rings. The second kappa shape index (κ2) is 11.1. The highest BCUT2D eigenvalue weighted by molar-refractivity contribution is 5.93. The van der Waals surface area contributed by atoms with Crippen molar-refractivity contribution >= 4 is 11.9 Å². The van der Waals surface area contributed by atoms with Crippen LogP contribution in [0.4, 0.5) is 0 Å². The third-order valence-corrected chi connectivity index (χ3v) is 6.52. The van der Waals surface area contributed by atoms with E-state index < -0.39 is 11.9 Å². The lowest BCUT2D eigenvalue weighted by Crippen LogP contribution is -2.16. The van der Waals surface area contributed by atoms with Crippen molar-refractivity contribution in [2.24, 2.45) is 0 Å². The van der Waals surface area contributed by atoms with Gasteiger partial charge in [-0.25, -0.2) is 9.59 Å². The highest BCUT2D eigenvalue weighted by Gasteiger charge is 2.30. The molecule has 0 N–H and O–H groups in total. The van der Waals surface area contributed by atoms with Crippen LogP contribution in [-0.4, -0.2) is 11.9 Å². The summed E-state index contributed by atoms with van der Waals surface area (Å²) in [5, 5.41) is 0. The van der Waals surface area contributed by atoms with E-state index >= 15 is 0 Å². The van der Waals surface area contributed by atoms with Gasteiger partial charge in [0, 0.05) is 5.56 Å². The lowest BCUT2D eigenvalue weighted by molar-refractivity contribution is 0.0679. The van der Waals surface area contributed by atoms with Gasteiger partial charge in [-0.15, -0.1) is 0 Å². The van der Waals surface area contributed by atoms with Crippen LogP contribution in [0, 0.1) is 6.92 Å². The van der Waals surface area contributed by atoms with Gasteiger partial charge in [-0.3, -0.25) is 0 Å². The summed E-state index contributed by atoms with van der Waals surface area (Å²) in [6.45, 7) is 4.09. The van der Waals surface area contributed by atoms with Crippen molar-refractivity contribution in [2.45, 2.75) is 64.7 Å². The van der Waals surface area contributed by atoms with Crippen LogP contribution in [0.1, 0.15) is 88.8 Å². The molecule has 0 radical (unpaired) electrons. The molecule has 1 aliphatic carbocycles. The van der Waals surface area contributed by atoms with E-state index in [4.69, 9.17) is 9.47 Å². The molecule has 0 bridgehead atoms. The van der Waals surface area contributed by atoms with Crippen LogP contribution in [0.25, 0.3) is 0 Å². The standard InChI is InChI=1S/C30H32O4/c1-3-4-13-25-20-21(2)27(33-29(31)23-16-7-5-8-17-23)28(26(25)22-14-11-12-15-22)34-30(32)24-18-9-6-10-19-24/h5-10,16-20,22H,3-4,11-15H2,1-2H3. The maximum Gasteiger partial charge on any atom is 0.343 e. The van der Waals surface area contributed by atoms with Gasteiger partial charge in [0.2, 0.25) is 0 Å². The molecule has 0 amide bonds. The van der Waals surface area contributed by atoms with E-state index in [2.05, 4.69) is 13.0 Å². The Morgan fingerprint density at radius 2 is 1.35 bits per heavy atom. The minimum Gasteiger partial charge on any atom is -0.419 e. The number of unbranched alkanes of at least 4 members (excludes halogenated alkanes) is 1. The first-order valence-corrected chi connectivity index (χ1v) is 12.3. The molecule has 1 saturated carbocycles. The van der Waals surface area contributed by atoms with Crippen LogP contribution in [0.2, 0.25) is 0 Å². The molecule has 4 heteroatoms. The van der Waals surface area contributed by atoms with Gasteiger partial charge in [0.25, 0.3) is 0 Å². The molecule has 0 heterocycles. The fourth-order valence-electron chi connectivity index (χ4n) is 4.77. The van der Waals surface area contributed by atoms with Crippen molar-refractivity contribution in [3.05, 3.63) is 94.5 Å². The zero-order valence-corrected chi connectivity index (χ0v) is 20.0. The molecule has 0 atom stereocenters. The summed E-state index contributed by atoms with van der Waals surface area (Å²) >= 11 is 0. The summed E-state index contributed by atoms with van der Waals surface area (Å²) in [6, 6.07) is 20.0. The average Bonchev–Trinajstić information content (AvgIpc) is 3.40. The van der Waals surface area contributed by atoms with Crippen molar-refractivity contribution in [1.82, 2.24) is 0 Å². The first kappa shape index (κ1) is 23.7. The smallest absolute Gasteiger partial charge is 0.343 e. The molecule has 0 aliphatic heterocycles. The second-order valence-electron chi connectivity index (χ2n) is 9.02. The number of carbonyl (C=O) groups excluding carboxylic acids is 2. The maximum absolute atomic E-state index is 13.2. The number of rotatable bonds is 8. The first-order chi connectivity index (χ1) is 16.6. The largest absolute Gasteiger partial charge is 0.419 e. The molecule has 1 aliphatic rings. The Morgan fingerprint density at radius 3 is 1.88 bits per heavy atom. The van der Waals surface area contributed by atoms with E-state index in [1.54, 1.807) is 36.4 Å². The SMILES string of the molecule is CCCCc1cc(C)c(OC(=O)c2ccccc2)c(OC(=O)c2ccccc2)c1C1CCCC1. The summed E-state index contributed by atoms with van der Waals surface area (Å²) in [6.07, 6.45) is 7.43. The van der Waals surface area contributed by atoms with Crippen molar-refractivity contribution < 1.29 is 19.1 Å². The Bertz CT molecular complexity index is 1130. The predicted molar refractivity (Wildman–Crippen MR) is 134 cm³/mol. The molecule has 3 aromatic carbocycles. The van der Waals surface area contributed by atoms with Gasteiger partial charge in [-0.2, -0.15) is 0 Å². The van der Waals surface area contributed by atoms with Gasteiger partial charge in [-0.1, -0.05) is 68.7 Å². The van der Waals surface area contributed by atoms with Gasteiger partial charge in [0.1, 0.15) is 0 Å². The molecule has 0 spiro atoms. The molecule has 0 unspecified atom stereocenters. The molecule has 1 fully saturated rings. The summed E-state index contributed by atoms with van der Waals surface area (Å²) in [4.78, 5) is 26.2. The Morgan fingerprint density at radius 1 is 0.824 bits per heavy atom.